The number of nitrogens with zero attached hydrogens (tertiary/aromatic N) is 2. The fourth-order valence-electron chi connectivity index (χ4n) is 1.82. The number of carboxylic acid groups (broad SMARTS) is 1. The number of rotatable bonds is 7. The number of carbonyl (C=O) groups excluding carboxylic acids is 1. The molecule has 1 heterocycles. The van der Waals surface area contributed by atoms with Crippen LogP contribution in [0.2, 0.25) is 0 Å². The van der Waals surface area contributed by atoms with Crippen molar-refractivity contribution >= 4 is 23.8 Å². The molecule has 0 aliphatic heterocycles. The molecule has 0 aliphatic rings. The molecule has 0 saturated heterocycles. The van der Waals surface area contributed by atoms with E-state index in [-0.39, 0.29) is 17.8 Å². The van der Waals surface area contributed by atoms with Gasteiger partial charge < -0.3 is 15.3 Å². The Kier molecular flexibility index (Phi) is 7.01. The Morgan fingerprint density at radius 3 is 2.67 bits per heavy atom. The number of aromatic carboxylic acids is 1. The molecular formula is C14H21N3O3S. The molecule has 0 saturated carbocycles. The van der Waals surface area contributed by atoms with Crippen molar-refractivity contribution in [1.82, 2.24) is 15.2 Å². The third-order valence-corrected chi connectivity index (χ3v) is 3.90. The maximum Gasteiger partial charge on any atom is 0.354 e. The summed E-state index contributed by atoms with van der Waals surface area (Å²) in [5, 5.41) is 11.6. The highest BCUT2D eigenvalue weighted by Crippen LogP contribution is 2.08. The number of hydrogen-bond donors (Lipinski definition) is 2. The zero-order valence-corrected chi connectivity index (χ0v) is 13.3. The number of aromatic nitrogens is 1. The molecular weight excluding hydrogens is 290 g/mol. The van der Waals surface area contributed by atoms with Gasteiger partial charge in [-0.05, 0) is 24.3 Å². The first-order valence-corrected chi connectivity index (χ1v) is 8.06. The molecule has 2 N–H and O–H groups in total. The molecule has 1 aromatic rings. The van der Waals surface area contributed by atoms with Crippen molar-refractivity contribution in [2.24, 2.45) is 0 Å². The lowest BCUT2D eigenvalue weighted by molar-refractivity contribution is 0.0690. The lowest BCUT2D eigenvalue weighted by Gasteiger charge is -2.26. The van der Waals surface area contributed by atoms with E-state index in [1.165, 1.54) is 12.3 Å². The van der Waals surface area contributed by atoms with Crippen molar-refractivity contribution in [2.45, 2.75) is 25.9 Å². The molecule has 6 nitrogen and oxygen atoms in total. The Balaban J connectivity index is 2.53. The van der Waals surface area contributed by atoms with Crippen LogP contribution in [0.3, 0.4) is 0 Å². The van der Waals surface area contributed by atoms with Crippen LogP contribution in [-0.4, -0.2) is 52.1 Å². The molecule has 1 atom stereocenters. The number of urea groups is 1. The van der Waals surface area contributed by atoms with E-state index in [1.807, 2.05) is 6.26 Å². The first kappa shape index (κ1) is 17.3. The molecule has 0 spiro atoms. The van der Waals surface area contributed by atoms with Gasteiger partial charge in [0.25, 0.3) is 0 Å². The summed E-state index contributed by atoms with van der Waals surface area (Å²) < 4.78 is 0. The molecule has 0 radical (unpaired) electrons. The molecule has 2 amide bonds. The first-order chi connectivity index (χ1) is 9.99. The third kappa shape index (κ3) is 5.26. The molecule has 0 aliphatic carbocycles. The van der Waals surface area contributed by atoms with E-state index in [0.29, 0.717) is 6.54 Å². The highest BCUT2D eigenvalue weighted by atomic mass is 32.2. The monoisotopic (exact) mass is 311 g/mol. The topological polar surface area (TPSA) is 82.5 Å². The normalized spacial score (nSPS) is 11.8. The predicted octanol–water partition coefficient (Wildman–Crippen LogP) is 2.06. The van der Waals surface area contributed by atoms with Gasteiger partial charge in [0, 0.05) is 31.6 Å². The van der Waals surface area contributed by atoms with Crippen LogP contribution in [0.1, 0.15) is 29.4 Å². The van der Waals surface area contributed by atoms with Crippen LogP contribution >= 0.6 is 11.8 Å². The lowest BCUT2D eigenvalue weighted by atomic mass is 10.2. The van der Waals surface area contributed by atoms with Crippen molar-refractivity contribution in [3.63, 3.8) is 0 Å². The van der Waals surface area contributed by atoms with E-state index in [2.05, 4.69) is 17.2 Å². The summed E-state index contributed by atoms with van der Waals surface area (Å²) in [4.78, 5) is 28.3. The Hall–Kier alpha value is -1.76. The minimum Gasteiger partial charge on any atom is -0.477 e. The van der Waals surface area contributed by atoms with Crippen LogP contribution in [-0.2, 0) is 6.54 Å². The number of carboxylic acids is 1. The molecule has 7 heteroatoms. The summed E-state index contributed by atoms with van der Waals surface area (Å²) in [6.07, 6.45) is 4.38. The van der Waals surface area contributed by atoms with Crippen molar-refractivity contribution in [1.29, 1.82) is 0 Å². The van der Waals surface area contributed by atoms with Crippen LogP contribution in [0.15, 0.2) is 18.3 Å². The van der Waals surface area contributed by atoms with Gasteiger partial charge in [0.1, 0.15) is 5.69 Å². The molecule has 0 bridgehead atoms. The van der Waals surface area contributed by atoms with Gasteiger partial charge in [0.15, 0.2) is 0 Å². The van der Waals surface area contributed by atoms with Crippen LogP contribution in [0.4, 0.5) is 4.79 Å². The van der Waals surface area contributed by atoms with Crippen LogP contribution < -0.4 is 5.32 Å². The molecule has 0 fully saturated rings. The summed E-state index contributed by atoms with van der Waals surface area (Å²) >= 11 is 1.71. The maximum absolute atomic E-state index is 12.1. The van der Waals surface area contributed by atoms with Crippen LogP contribution in [0, 0.1) is 0 Å². The zero-order chi connectivity index (χ0) is 15.8. The van der Waals surface area contributed by atoms with Gasteiger partial charge in [-0.2, -0.15) is 11.8 Å². The largest absolute Gasteiger partial charge is 0.477 e. The van der Waals surface area contributed by atoms with Gasteiger partial charge in [-0.25, -0.2) is 14.6 Å². The smallest absolute Gasteiger partial charge is 0.354 e. The van der Waals surface area contributed by atoms with E-state index in [1.54, 1.807) is 29.8 Å². The molecule has 116 valence electrons. The van der Waals surface area contributed by atoms with Gasteiger partial charge in [-0.3, -0.25) is 0 Å². The SMILES string of the molecule is CCC(CSC)N(C)C(=O)NCc1ccc(C(=O)O)nc1. The minimum atomic E-state index is -1.06. The van der Waals surface area contributed by atoms with E-state index in [0.717, 1.165) is 17.7 Å². The second-order valence-corrected chi connectivity index (χ2v) is 5.55. The Morgan fingerprint density at radius 2 is 2.19 bits per heavy atom. The summed E-state index contributed by atoms with van der Waals surface area (Å²) in [6, 6.07) is 3.14. The van der Waals surface area contributed by atoms with Crippen molar-refractivity contribution in [2.75, 3.05) is 19.1 Å². The standard InChI is InChI=1S/C14H21N3O3S/c1-4-11(9-21-3)17(2)14(20)16-8-10-5-6-12(13(18)19)15-7-10/h5-7,11H,4,8-9H2,1-3H3,(H,16,20)(H,18,19). The third-order valence-electron chi connectivity index (χ3n) is 3.19. The summed E-state index contributed by atoms with van der Waals surface area (Å²) in [5.41, 5.74) is 0.757. The molecule has 0 aromatic carbocycles. The quantitative estimate of drug-likeness (QED) is 0.805. The summed E-state index contributed by atoms with van der Waals surface area (Å²) in [5.74, 6) is -0.164. The Morgan fingerprint density at radius 1 is 1.48 bits per heavy atom. The van der Waals surface area contributed by atoms with Gasteiger partial charge in [-0.1, -0.05) is 13.0 Å². The maximum atomic E-state index is 12.1. The van der Waals surface area contributed by atoms with Gasteiger partial charge >= 0.3 is 12.0 Å². The van der Waals surface area contributed by atoms with E-state index < -0.39 is 5.97 Å². The van der Waals surface area contributed by atoms with Gasteiger partial charge in [0.2, 0.25) is 0 Å². The average molecular weight is 311 g/mol. The van der Waals surface area contributed by atoms with E-state index in [9.17, 15) is 9.59 Å². The fraction of sp³-hybridized carbons (Fsp3) is 0.500. The fourth-order valence-corrected chi connectivity index (χ4v) is 2.66. The average Bonchev–Trinajstić information content (AvgIpc) is 2.49. The summed E-state index contributed by atoms with van der Waals surface area (Å²) in [7, 11) is 1.78. The highest BCUT2D eigenvalue weighted by molar-refractivity contribution is 7.98. The number of nitrogens with one attached hydrogen (secondary N) is 1. The van der Waals surface area contributed by atoms with Crippen molar-refractivity contribution in [3.8, 4) is 0 Å². The molecule has 1 unspecified atom stereocenters. The number of thioether (sulfide) groups is 1. The Bertz CT molecular complexity index is 479. The zero-order valence-electron chi connectivity index (χ0n) is 12.5. The van der Waals surface area contributed by atoms with Crippen LogP contribution in [0.25, 0.3) is 0 Å². The van der Waals surface area contributed by atoms with Crippen molar-refractivity contribution in [3.05, 3.63) is 29.6 Å². The minimum absolute atomic E-state index is 0.00629. The highest BCUT2D eigenvalue weighted by Gasteiger charge is 2.17. The van der Waals surface area contributed by atoms with Gasteiger partial charge in [0.05, 0.1) is 0 Å². The van der Waals surface area contributed by atoms with Gasteiger partial charge in [-0.15, -0.1) is 0 Å². The predicted molar refractivity (Wildman–Crippen MR) is 83.7 cm³/mol. The summed E-state index contributed by atoms with van der Waals surface area (Å²) in [6.45, 7) is 2.38. The molecule has 21 heavy (non-hydrogen) atoms. The number of amides is 2. The second kappa shape index (κ2) is 8.51. The Labute approximate surface area is 128 Å². The second-order valence-electron chi connectivity index (χ2n) is 4.64. The van der Waals surface area contributed by atoms with Crippen molar-refractivity contribution < 1.29 is 14.7 Å². The van der Waals surface area contributed by atoms with E-state index >= 15 is 0 Å². The number of carbonyl (C=O) groups is 2. The first-order valence-electron chi connectivity index (χ1n) is 6.67. The van der Waals surface area contributed by atoms with Crippen LogP contribution in [0.5, 0.6) is 0 Å². The number of hydrogen-bond acceptors (Lipinski definition) is 4. The number of pyridine rings is 1. The molecule has 1 aromatic heterocycles. The lowest BCUT2D eigenvalue weighted by Crippen LogP contribution is -2.44. The molecule has 1 rings (SSSR count). The van der Waals surface area contributed by atoms with E-state index in [4.69, 9.17) is 5.11 Å².